The molecule has 2 N–H and O–H groups in total. The molecule has 0 aliphatic heterocycles. The molecule has 2 aromatic rings. The molecule has 0 saturated heterocycles. The number of carboxylic acid groups (broad SMARTS) is 1. The van der Waals surface area contributed by atoms with Crippen LogP contribution in [0.25, 0.3) is 11.3 Å². The second kappa shape index (κ2) is 5.52. The lowest BCUT2D eigenvalue weighted by molar-refractivity contribution is -0.136. The number of aromatic nitrogens is 2. The van der Waals surface area contributed by atoms with E-state index in [1.165, 1.54) is 6.07 Å². The highest BCUT2D eigenvalue weighted by Crippen LogP contribution is 2.26. The van der Waals surface area contributed by atoms with Gasteiger partial charge in [-0.25, -0.2) is 9.37 Å². The summed E-state index contributed by atoms with van der Waals surface area (Å²) in [5.74, 6) is -1.14. The molecule has 1 heterocycles. The number of nitrogens with zero attached hydrogens (tertiary/aromatic N) is 1. The third kappa shape index (κ3) is 3.20. The van der Waals surface area contributed by atoms with E-state index in [0.29, 0.717) is 22.4 Å². The molecule has 0 radical (unpaired) electrons. The van der Waals surface area contributed by atoms with Crippen LogP contribution in [-0.4, -0.2) is 21.0 Å². The van der Waals surface area contributed by atoms with Gasteiger partial charge in [-0.15, -0.1) is 0 Å². The summed E-state index contributed by atoms with van der Waals surface area (Å²) >= 11 is 3.23. The number of H-pyrrole nitrogens is 1. The summed E-state index contributed by atoms with van der Waals surface area (Å²) < 4.78 is 13.8. The topological polar surface area (TPSA) is 66.0 Å². The van der Waals surface area contributed by atoms with Crippen LogP contribution in [0.1, 0.15) is 17.7 Å². The average molecular weight is 327 g/mol. The van der Waals surface area contributed by atoms with Crippen LogP contribution in [0.5, 0.6) is 0 Å². The lowest BCUT2D eigenvalue weighted by atomic mass is 10.1. The molecule has 0 aliphatic rings. The maximum Gasteiger partial charge on any atom is 0.303 e. The van der Waals surface area contributed by atoms with Crippen molar-refractivity contribution in [3.05, 3.63) is 40.0 Å². The minimum atomic E-state index is -0.869. The van der Waals surface area contributed by atoms with E-state index in [1.807, 2.05) is 0 Å². The largest absolute Gasteiger partial charge is 0.481 e. The van der Waals surface area contributed by atoms with Gasteiger partial charge in [-0.05, 0) is 46.6 Å². The number of halogens is 2. The van der Waals surface area contributed by atoms with Gasteiger partial charge in [-0.2, -0.15) is 0 Å². The first-order valence-corrected chi connectivity index (χ1v) is 6.49. The predicted octanol–water partition coefficient (Wildman–Crippen LogP) is 3.30. The van der Waals surface area contributed by atoms with Gasteiger partial charge in [0, 0.05) is 17.7 Å². The lowest BCUT2D eigenvalue weighted by Gasteiger charge is -2.03. The predicted molar refractivity (Wildman–Crippen MR) is 72.4 cm³/mol. The molecule has 0 amide bonds. The quantitative estimate of drug-likeness (QED) is 0.905. The number of carboxylic acids is 1. The molecule has 0 unspecified atom stereocenters. The monoisotopic (exact) mass is 326 g/mol. The van der Waals surface area contributed by atoms with E-state index in [4.69, 9.17) is 5.11 Å². The van der Waals surface area contributed by atoms with E-state index in [-0.39, 0.29) is 12.2 Å². The number of hydrogen-bond acceptors (Lipinski definition) is 2. The highest BCUT2D eigenvalue weighted by Gasteiger charge is 2.13. The standard InChI is InChI=1S/C13H12BrFN2O2/c1-7-6-8(2-3-9(7)15)12-10(4-5-11(18)19)16-13(14)17-12/h2-3,6H,4-5H2,1H3,(H,16,17)(H,18,19). The van der Waals surface area contributed by atoms with Gasteiger partial charge in [0.2, 0.25) is 0 Å². The van der Waals surface area contributed by atoms with Crippen molar-refractivity contribution in [2.75, 3.05) is 0 Å². The van der Waals surface area contributed by atoms with E-state index in [1.54, 1.807) is 19.1 Å². The molecule has 6 heteroatoms. The molecule has 0 aliphatic carbocycles. The second-order valence-electron chi connectivity index (χ2n) is 4.21. The number of aliphatic carboxylic acids is 1. The third-order valence-corrected chi connectivity index (χ3v) is 3.15. The molecule has 1 aromatic carbocycles. The lowest BCUT2D eigenvalue weighted by Crippen LogP contribution is -1.99. The Morgan fingerprint density at radius 2 is 2.26 bits per heavy atom. The number of aromatic amines is 1. The Balaban J connectivity index is 2.37. The summed E-state index contributed by atoms with van der Waals surface area (Å²) in [6.07, 6.45) is 0.363. The maximum atomic E-state index is 13.3. The van der Waals surface area contributed by atoms with Gasteiger partial charge >= 0.3 is 5.97 Å². The molecule has 0 atom stereocenters. The number of hydrogen-bond donors (Lipinski definition) is 2. The summed E-state index contributed by atoms with van der Waals surface area (Å²) in [5, 5.41) is 8.73. The van der Waals surface area contributed by atoms with Gasteiger partial charge < -0.3 is 10.1 Å². The zero-order valence-electron chi connectivity index (χ0n) is 10.2. The zero-order chi connectivity index (χ0) is 14.0. The summed E-state index contributed by atoms with van der Waals surface area (Å²) in [6, 6.07) is 4.71. The smallest absolute Gasteiger partial charge is 0.303 e. The minimum Gasteiger partial charge on any atom is -0.481 e. The molecule has 1 aromatic heterocycles. The Morgan fingerprint density at radius 1 is 1.53 bits per heavy atom. The zero-order valence-corrected chi connectivity index (χ0v) is 11.8. The number of aryl methyl sites for hydroxylation is 2. The van der Waals surface area contributed by atoms with Crippen LogP contribution in [0.15, 0.2) is 22.9 Å². The number of carbonyl (C=O) groups is 1. The molecule has 0 saturated carbocycles. The number of rotatable bonds is 4. The van der Waals surface area contributed by atoms with Gasteiger partial charge in [0.25, 0.3) is 0 Å². The Hall–Kier alpha value is -1.69. The first-order chi connectivity index (χ1) is 8.97. The number of benzene rings is 1. The van der Waals surface area contributed by atoms with Gasteiger partial charge in [0.1, 0.15) is 5.82 Å². The second-order valence-corrected chi connectivity index (χ2v) is 4.96. The highest BCUT2D eigenvalue weighted by molar-refractivity contribution is 9.10. The SMILES string of the molecule is Cc1cc(-c2nc(Br)[nH]c2CCC(=O)O)ccc1F. The Bertz CT molecular complexity index is 625. The van der Waals surface area contributed by atoms with Crippen molar-refractivity contribution in [3.8, 4) is 11.3 Å². The van der Waals surface area contributed by atoms with Crippen LogP contribution in [0.4, 0.5) is 4.39 Å². The van der Waals surface area contributed by atoms with E-state index in [9.17, 15) is 9.18 Å². The van der Waals surface area contributed by atoms with Crippen LogP contribution < -0.4 is 0 Å². The van der Waals surface area contributed by atoms with Crippen molar-refractivity contribution in [3.63, 3.8) is 0 Å². The van der Waals surface area contributed by atoms with Crippen LogP contribution in [-0.2, 0) is 11.2 Å². The van der Waals surface area contributed by atoms with Crippen molar-refractivity contribution in [2.45, 2.75) is 19.8 Å². The van der Waals surface area contributed by atoms with Crippen molar-refractivity contribution < 1.29 is 14.3 Å². The molecule has 100 valence electrons. The fraction of sp³-hybridized carbons (Fsp3) is 0.231. The number of imidazole rings is 1. The normalized spacial score (nSPS) is 10.7. The number of nitrogens with one attached hydrogen (secondary N) is 1. The van der Waals surface area contributed by atoms with Crippen molar-refractivity contribution in [2.24, 2.45) is 0 Å². The van der Waals surface area contributed by atoms with Crippen LogP contribution in [0, 0.1) is 12.7 Å². The van der Waals surface area contributed by atoms with Crippen LogP contribution in [0.2, 0.25) is 0 Å². The van der Waals surface area contributed by atoms with Gasteiger partial charge in [-0.1, -0.05) is 0 Å². The first kappa shape index (κ1) is 13.7. The summed E-state index contributed by atoms with van der Waals surface area (Å²) in [4.78, 5) is 17.9. The molecule has 0 fully saturated rings. The summed E-state index contributed by atoms with van der Waals surface area (Å²) in [6.45, 7) is 1.68. The fourth-order valence-corrected chi connectivity index (χ4v) is 2.24. The van der Waals surface area contributed by atoms with Crippen molar-refractivity contribution in [1.29, 1.82) is 0 Å². The van der Waals surface area contributed by atoms with E-state index >= 15 is 0 Å². The molecule has 2 rings (SSSR count). The molecular weight excluding hydrogens is 315 g/mol. The first-order valence-electron chi connectivity index (χ1n) is 5.70. The molecule has 0 bridgehead atoms. The van der Waals surface area contributed by atoms with Crippen molar-refractivity contribution >= 4 is 21.9 Å². The Labute approximate surface area is 117 Å². The molecule has 0 spiro atoms. The van der Waals surface area contributed by atoms with Gasteiger partial charge in [0.15, 0.2) is 4.73 Å². The summed E-state index contributed by atoms with van der Waals surface area (Å²) in [5.41, 5.74) is 2.67. The maximum absolute atomic E-state index is 13.3. The minimum absolute atomic E-state index is 0.0157. The Kier molecular flexibility index (Phi) is 3.99. The van der Waals surface area contributed by atoms with Gasteiger partial charge in [0.05, 0.1) is 12.1 Å². The fourth-order valence-electron chi connectivity index (χ4n) is 1.82. The van der Waals surface area contributed by atoms with Gasteiger partial charge in [-0.3, -0.25) is 4.79 Å². The molecule has 4 nitrogen and oxygen atoms in total. The van der Waals surface area contributed by atoms with Crippen LogP contribution in [0.3, 0.4) is 0 Å². The van der Waals surface area contributed by atoms with E-state index < -0.39 is 5.97 Å². The summed E-state index contributed by atoms with van der Waals surface area (Å²) in [7, 11) is 0. The third-order valence-electron chi connectivity index (χ3n) is 2.77. The Morgan fingerprint density at radius 3 is 2.89 bits per heavy atom. The highest BCUT2D eigenvalue weighted by atomic mass is 79.9. The molecular formula is C13H12BrFN2O2. The van der Waals surface area contributed by atoms with Crippen LogP contribution >= 0.6 is 15.9 Å². The average Bonchev–Trinajstić information content (AvgIpc) is 2.71. The molecule has 19 heavy (non-hydrogen) atoms. The van der Waals surface area contributed by atoms with E-state index in [2.05, 4.69) is 25.9 Å². The van der Waals surface area contributed by atoms with Crippen molar-refractivity contribution in [1.82, 2.24) is 9.97 Å². The van der Waals surface area contributed by atoms with E-state index in [0.717, 1.165) is 11.3 Å².